The first-order valence-electron chi connectivity index (χ1n) is 12.5. The van der Waals surface area contributed by atoms with Gasteiger partial charge in [0, 0.05) is 23.5 Å². The van der Waals surface area contributed by atoms with Crippen molar-refractivity contribution >= 4 is 58.5 Å². The van der Waals surface area contributed by atoms with Crippen LogP contribution in [0.25, 0.3) is 0 Å². The van der Waals surface area contributed by atoms with Crippen LogP contribution in [0, 0.1) is 18.8 Å². The number of amides is 2. The average molecular weight is 595 g/mol. The number of ketones is 1. The number of oxime groups is 1. The Morgan fingerprint density at radius 3 is 2.77 bits per heavy atom. The van der Waals surface area contributed by atoms with E-state index in [-0.39, 0.29) is 38.3 Å². The largest absolute Gasteiger partial charge is 0.457 e. The van der Waals surface area contributed by atoms with Gasteiger partial charge in [0.2, 0.25) is 5.91 Å². The van der Waals surface area contributed by atoms with Gasteiger partial charge in [0.25, 0.3) is 5.72 Å². The van der Waals surface area contributed by atoms with Crippen molar-refractivity contribution < 1.29 is 43.0 Å². The highest BCUT2D eigenvalue weighted by Gasteiger charge is 2.71. The van der Waals surface area contributed by atoms with Crippen LogP contribution >= 0.6 is 23.1 Å². The highest BCUT2D eigenvalue weighted by atomic mass is 32.2. The predicted octanol–water partition coefficient (Wildman–Crippen LogP) is 1.79. The van der Waals surface area contributed by atoms with E-state index in [1.54, 1.807) is 18.4 Å². The van der Waals surface area contributed by atoms with Crippen molar-refractivity contribution in [1.29, 1.82) is 0 Å². The fraction of sp³-hybridized carbons (Fsp3) is 0.560. The first-order chi connectivity index (χ1) is 19.1. The molecular weight excluding hydrogens is 564 g/mol. The van der Waals surface area contributed by atoms with Crippen LogP contribution < -0.4 is 5.32 Å². The number of methoxy groups -OCH3 is 1. The Labute approximate surface area is 238 Å². The Bertz CT molecular complexity index is 1260. The number of hydrogen-bond acceptors (Lipinski definition) is 13. The zero-order valence-electron chi connectivity index (χ0n) is 22.5. The van der Waals surface area contributed by atoms with Crippen LogP contribution in [-0.2, 0) is 38.2 Å². The summed E-state index contributed by atoms with van der Waals surface area (Å²) in [5.74, 6) is -3.28. The molecule has 40 heavy (non-hydrogen) atoms. The SMILES string of the molecule is COC(=O)NCCO/N=C(\C(=O)C[C@@H]1C(=O)N2[C@@H]1SC[C@@H]1CC(=O)O[C@@]12C(=O)OCC=C(C)C)c1csc(C)n1. The average Bonchev–Trinajstić information content (AvgIpc) is 3.49. The normalized spacial score (nSPS) is 25.1. The maximum absolute atomic E-state index is 13.4. The van der Waals surface area contributed by atoms with Crippen LogP contribution in [0.15, 0.2) is 22.2 Å². The standard InChI is InChI=1S/C25H30N4O9S2/c1-13(2)5-7-36-23(33)25-15(9-19(31)38-25)11-40-22-16(21(32)29(22)25)10-18(30)20(17-12-39-14(3)27-17)28-37-8-6-26-24(34)35-4/h5,12,15-16,22H,6-11H2,1-4H3,(H,26,34)/b28-20-/t15-,16+,22+,25+/m0/s1. The van der Waals surface area contributed by atoms with E-state index in [1.165, 1.54) is 35.1 Å². The van der Waals surface area contributed by atoms with Crippen LogP contribution in [0.5, 0.6) is 0 Å². The van der Waals surface area contributed by atoms with E-state index in [9.17, 15) is 24.0 Å². The Morgan fingerprint density at radius 1 is 1.32 bits per heavy atom. The maximum Gasteiger partial charge on any atom is 0.406 e. The number of aryl methyl sites for hydroxylation is 1. The van der Waals surface area contributed by atoms with Crippen LogP contribution in [-0.4, -0.2) is 89.0 Å². The van der Waals surface area contributed by atoms with Crippen molar-refractivity contribution in [2.24, 2.45) is 17.0 Å². The van der Waals surface area contributed by atoms with E-state index in [4.69, 9.17) is 14.3 Å². The number of allylic oxidation sites excluding steroid dienone is 1. The number of esters is 2. The molecule has 0 aromatic carbocycles. The van der Waals surface area contributed by atoms with Crippen molar-refractivity contribution in [2.45, 2.75) is 44.7 Å². The molecule has 15 heteroatoms. The first kappa shape index (κ1) is 29.5. The minimum absolute atomic E-state index is 0.00695. The number of hydrogen-bond donors (Lipinski definition) is 1. The number of nitrogens with zero attached hydrogens (tertiary/aromatic N) is 3. The minimum atomic E-state index is -1.84. The van der Waals surface area contributed by atoms with E-state index >= 15 is 0 Å². The third-order valence-corrected chi connectivity index (χ3v) is 8.80. The van der Waals surface area contributed by atoms with Gasteiger partial charge < -0.3 is 24.4 Å². The van der Waals surface area contributed by atoms with Crippen LogP contribution in [0.1, 0.15) is 37.4 Å². The number of ether oxygens (including phenoxy) is 3. The number of aromatic nitrogens is 1. The maximum atomic E-state index is 13.4. The number of nitrogens with one attached hydrogen (secondary N) is 1. The van der Waals surface area contributed by atoms with Crippen molar-refractivity contribution in [1.82, 2.24) is 15.2 Å². The van der Waals surface area contributed by atoms with E-state index < -0.39 is 52.7 Å². The molecule has 216 valence electrons. The molecule has 0 aliphatic carbocycles. The highest BCUT2D eigenvalue weighted by Crippen LogP contribution is 2.54. The quantitative estimate of drug-likeness (QED) is 0.0756. The summed E-state index contributed by atoms with van der Waals surface area (Å²) in [6, 6.07) is 0. The second-order valence-electron chi connectivity index (χ2n) is 9.56. The summed E-state index contributed by atoms with van der Waals surface area (Å²) in [4.78, 5) is 74.4. The molecule has 0 spiro atoms. The Hall–Kier alpha value is -3.46. The number of alkyl carbamates (subject to hydrolysis) is 1. The Kier molecular flexibility index (Phi) is 9.13. The first-order valence-corrected chi connectivity index (χ1v) is 14.5. The lowest BCUT2D eigenvalue weighted by Gasteiger charge is -2.57. The second kappa shape index (κ2) is 12.4. The lowest BCUT2D eigenvalue weighted by atomic mass is 9.84. The molecule has 0 bridgehead atoms. The number of rotatable bonds is 11. The van der Waals surface area contributed by atoms with Gasteiger partial charge in [-0.1, -0.05) is 10.7 Å². The van der Waals surface area contributed by atoms with Gasteiger partial charge in [-0.3, -0.25) is 19.3 Å². The number of thioether (sulfide) groups is 1. The number of β-lactam (4-membered cyclic amide) rings is 1. The molecule has 1 aromatic rings. The summed E-state index contributed by atoms with van der Waals surface area (Å²) in [5.41, 5.74) is -0.650. The van der Waals surface area contributed by atoms with E-state index in [0.29, 0.717) is 16.5 Å². The van der Waals surface area contributed by atoms with Gasteiger partial charge in [-0.15, -0.1) is 23.1 Å². The molecule has 0 unspecified atom stereocenters. The molecule has 4 heterocycles. The fourth-order valence-electron chi connectivity index (χ4n) is 4.61. The van der Waals surface area contributed by atoms with Crippen LogP contribution in [0.2, 0.25) is 0 Å². The number of carbonyl (C=O) groups excluding carboxylic acids is 5. The van der Waals surface area contributed by atoms with Gasteiger partial charge in [-0.2, -0.15) is 0 Å². The summed E-state index contributed by atoms with van der Waals surface area (Å²) >= 11 is 2.72. The molecule has 3 fully saturated rings. The molecule has 0 saturated carbocycles. The third kappa shape index (κ3) is 5.84. The van der Waals surface area contributed by atoms with Crippen LogP contribution in [0.3, 0.4) is 0 Å². The number of fused-ring (bicyclic) bond motifs is 3. The van der Waals surface area contributed by atoms with Gasteiger partial charge >= 0.3 is 18.0 Å². The van der Waals surface area contributed by atoms with Gasteiger partial charge in [0.05, 0.1) is 36.4 Å². The van der Waals surface area contributed by atoms with Gasteiger partial charge in [-0.25, -0.2) is 14.6 Å². The molecule has 13 nitrogen and oxygen atoms in total. The van der Waals surface area contributed by atoms with Crippen molar-refractivity contribution in [3.8, 4) is 0 Å². The van der Waals surface area contributed by atoms with Crippen molar-refractivity contribution in [3.63, 3.8) is 0 Å². The minimum Gasteiger partial charge on any atom is -0.457 e. The molecule has 3 saturated heterocycles. The van der Waals surface area contributed by atoms with Crippen molar-refractivity contribution in [3.05, 3.63) is 27.7 Å². The van der Waals surface area contributed by atoms with Gasteiger partial charge in [-0.05, 0) is 26.8 Å². The van der Waals surface area contributed by atoms with E-state index in [2.05, 4.69) is 20.2 Å². The smallest absolute Gasteiger partial charge is 0.406 e. The van der Waals surface area contributed by atoms with E-state index in [0.717, 1.165) is 5.57 Å². The highest BCUT2D eigenvalue weighted by molar-refractivity contribution is 8.00. The Morgan fingerprint density at radius 2 is 2.10 bits per heavy atom. The molecule has 4 atom stereocenters. The molecule has 0 radical (unpaired) electrons. The summed E-state index contributed by atoms with van der Waals surface area (Å²) in [7, 11) is 1.23. The molecule has 1 aromatic heterocycles. The topological polar surface area (TPSA) is 163 Å². The zero-order chi connectivity index (χ0) is 29.0. The molecule has 3 aliphatic rings. The Balaban J connectivity index is 1.49. The van der Waals surface area contributed by atoms with Gasteiger partial charge in [0.1, 0.15) is 18.9 Å². The van der Waals surface area contributed by atoms with Gasteiger partial charge in [0.15, 0.2) is 11.5 Å². The molecule has 2 amide bonds. The van der Waals surface area contributed by atoms with Crippen molar-refractivity contribution in [2.75, 3.05) is 32.6 Å². The van der Waals surface area contributed by atoms with Crippen LogP contribution in [0.4, 0.5) is 4.79 Å². The second-order valence-corrected chi connectivity index (χ2v) is 11.8. The van der Waals surface area contributed by atoms with E-state index in [1.807, 2.05) is 13.8 Å². The number of carbonyl (C=O) groups is 5. The monoisotopic (exact) mass is 594 g/mol. The lowest BCUT2D eigenvalue weighted by molar-refractivity contribution is -0.222. The fourth-order valence-corrected chi connectivity index (χ4v) is 6.84. The predicted molar refractivity (Wildman–Crippen MR) is 143 cm³/mol. The summed E-state index contributed by atoms with van der Waals surface area (Å²) < 4.78 is 15.4. The molecule has 1 N–H and O–H groups in total. The molecular formula is C25H30N4O9S2. The molecule has 4 rings (SSSR count). The summed E-state index contributed by atoms with van der Waals surface area (Å²) in [5, 5.41) is 8.19. The summed E-state index contributed by atoms with van der Waals surface area (Å²) in [6.07, 6.45) is 0.857. The lowest BCUT2D eigenvalue weighted by Crippen LogP contribution is -2.75. The zero-order valence-corrected chi connectivity index (χ0v) is 24.1. The number of Topliss-reactive ketones (excluding diaryl/α,β-unsaturated/α-hetero) is 1. The summed E-state index contributed by atoms with van der Waals surface area (Å²) in [6.45, 7) is 5.53. The molecule has 3 aliphatic heterocycles. The number of thiazole rings is 1. The third-order valence-electron chi connectivity index (χ3n) is 6.55.